The van der Waals surface area contributed by atoms with Gasteiger partial charge in [-0.15, -0.1) is 0 Å². The van der Waals surface area contributed by atoms with Crippen molar-refractivity contribution in [3.63, 3.8) is 0 Å². The smallest absolute Gasteiger partial charge is 0.123 e. The number of halogens is 1. The maximum absolute atomic E-state index is 13.0. The third-order valence-corrected chi connectivity index (χ3v) is 3.13. The first-order valence-electron chi connectivity index (χ1n) is 7.05. The lowest BCUT2D eigenvalue weighted by molar-refractivity contribution is 0.488. The van der Waals surface area contributed by atoms with Crippen LogP contribution in [0, 0.1) is 11.7 Å². The molecule has 1 N–H and O–H groups in total. The van der Waals surface area contributed by atoms with Crippen molar-refractivity contribution in [3.05, 3.63) is 35.6 Å². The summed E-state index contributed by atoms with van der Waals surface area (Å²) in [5.41, 5.74) is 1.07. The molecular weight excluding hydrogens is 225 g/mol. The van der Waals surface area contributed by atoms with Crippen molar-refractivity contribution < 1.29 is 4.39 Å². The van der Waals surface area contributed by atoms with Gasteiger partial charge in [-0.1, -0.05) is 38.8 Å². The molecule has 0 amide bonds. The highest BCUT2D eigenvalue weighted by Gasteiger charge is 2.03. The van der Waals surface area contributed by atoms with E-state index >= 15 is 0 Å². The van der Waals surface area contributed by atoms with Gasteiger partial charge in [0.15, 0.2) is 0 Å². The zero-order chi connectivity index (χ0) is 13.4. The molecule has 0 bridgehead atoms. The predicted octanol–water partition coefficient (Wildman–Crippen LogP) is 4.17. The Balaban J connectivity index is 2.16. The van der Waals surface area contributed by atoms with E-state index in [0.29, 0.717) is 6.04 Å². The van der Waals surface area contributed by atoms with Crippen LogP contribution < -0.4 is 5.32 Å². The zero-order valence-electron chi connectivity index (χ0n) is 11.9. The van der Waals surface area contributed by atoms with Crippen molar-refractivity contribution in [3.8, 4) is 0 Å². The molecule has 0 aliphatic rings. The van der Waals surface area contributed by atoms with Gasteiger partial charge in [-0.2, -0.15) is 0 Å². The molecule has 1 unspecified atom stereocenters. The second-order valence-corrected chi connectivity index (χ2v) is 5.58. The Hall–Kier alpha value is -0.890. The van der Waals surface area contributed by atoms with Crippen molar-refractivity contribution in [2.24, 2.45) is 5.92 Å². The largest absolute Gasteiger partial charge is 0.314 e. The van der Waals surface area contributed by atoms with Gasteiger partial charge >= 0.3 is 0 Å². The summed E-state index contributed by atoms with van der Waals surface area (Å²) >= 11 is 0. The van der Waals surface area contributed by atoms with Crippen LogP contribution >= 0.6 is 0 Å². The molecule has 0 fully saturated rings. The van der Waals surface area contributed by atoms with E-state index in [1.807, 2.05) is 6.07 Å². The Bertz CT molecular complexity index is 336. The maximum atomic E-state index is 13.0. The normalized spacial score (nSPS) is 12.9. The van der Waals surface area contributed by atoms with E-state index in [1.165, 1.54) is 25.3 Å². The van der Waals surface area contributed by atoms with E-state index in [4.69, 9.17) is 0 Å². The summed E-state index contributed by atoms with van der Waals surface area (Å²) in [7, 11) is 0. The van der Waals surface area contributed by atoms with E-state index in [9.17, 15) is 4.39 Å². The number of unbranched alkanes of at least 4 members (excludes halogenated alkanes) is 1. The quantitative estimate of drug-likeness (QED) is 0.684. The molecule has 0 saturated heterocycles. The molecule has 0 saturated carbocycles. The first kappa shape index (κ1) is 15.2. The monoisotopic (exact) mass is 251 g/mol. The molecule has 0 aliphatic heterocycles. The van der Waals surface area contributed by atoms with Gasteiger partial charge in [-0.25, -0.2) is 4.39 Å². The summed E-state index contributed by atoms with van der Waals surface area (Å²) in [6, 6.07) is 7.29. The van der Waals surface area contributed by atoms with Crippen LogP contribution in [0.25, 0.3) is 0 Å². The van der Waals surface area contributed by atoms with E-state index < -0.39 is 0 Å². The minimum atomic E-state index is -0.142. The van der Waals surface area contributed by atoms with Crippen LogP contribution in [0.15, 0.2) is 24.3 Å². The standard InChI is InChI=1S/C16H26FN/c1-13(2)7-4-5-10-18-14(3)11-15-8-6-9-16(17)12-15/h6,8-9,12-14,18H,4-5,7,10-11H2,1-3H3. The summed E-state index contributed by atoms with van der Waals surface area (Å²) < 4.78 is 13.0. The lowest BCUT2D eigenvalue weighted by atomic mass is 10.1. The first-order valence-corrected chi connectivity index (χ1v) is 7.05. The third-order valence-electron chi connectivity index (χ3n) is 3.13. The fraction of sp³-hybridized carbons (Fsp3) is 0.625. The van der Waals surface area contributed by atoms with Gasteiger partial charge in [0.1, 0.15) is 5.82 Å². The molecule has 0 aliphatic carbocycles. The van der Waals surface area contributed by atoms with E-state index in [-0.39, 0.29) is 5.82 Å². The first-order chi connectivity index (χ1) is 8.58. The second kappa shape index (κ2) is 8.25. The summed E-state index contributed by atoms with van der Waals surface area (Å²) in [5.74, 6) is 0.659. The molecule has 18 heavy (non-hydrogen) atoms. The fourth-order valence-electron chi connectivity index (χ4n) is 2.12. The van der Waals surface area contributed by atoms with Crippen molar-refractivity contribution in [1.29, 1.82) is 0 Å². The average molecular weight is 251 g/mol. The fourth-order valence-corrected chi connectivity index (χ4v) is 2.12. The zero-order valence-corrected chi connectivity index (χ0v) is 11.9. The molecule has 0 spiro atoms. The Morgan fingerprint density at radius 3 is 2.61 bits per heavy atom. The number of nitrogens with one attached hydrogen (secondary N) is 1. The predicted molar refractivity (Wildman–Crippen MR) is 76.3 cm³/mol. The number of hydrogen-bond donors (Lipinski definition) is 1. The lowest BCUT2D eigenvalue weighted by Gasteiger charge is -2.14. The molecule has 0 heterocycles. The molecule has 102 valence electrons. The van der Waals surface area contributed by atoms with Crippen LogP contribution in [0.4, 0.5) is 4.39 Å². The molecule has 1 aromatic carbocycles. The summed E-state index contributed by atoms with van der Waals surface area (Å²) in [5, 5.41) is 3.50. The van der Waals surface area contributed by atoms with Crippen LogP contribution in [0.1, 0.15) is 45.6 Å². The average Bonchev–Trinajstić information content (AvgIpc) is 2.28. The van der Waals surface area contributed by atoms with Gasteiger partial charge < -0.3 is 5.32 Å². The van der Waals surface area contributed by atoms with Crippen LogP contribution in [0.2, 0.25) is 0 Å². The van der Waals surface area contributed by atoms with Crippen LogP contribution in [-0.2, 0) is 6.42 Å². The van der Waals surface area contributed by atoms with Crippen molar-refractivity contribution >= 4 is 0 Å². The number of benzene rings is 1. The van der Waals surface area contributed by atoms with Gasteiger partial charge in [0, 0.05) is 6.04 Å². The minimum Gasteiger partial charge on any atom is -0.314 e. The lowest BCUT2D eigenvalue weighted by Crippen LogP contribution is -2.29. The Morgan fingerprint density at radius 2 is 1.94 bits per heavy atom. The Kier molecular flexibility index (Phi) is 6.96. The summed E-state index contributed by atoms with van der Waals surface area (Å²) in [4.78, 5) is 0. The number of hydrogen-bond acceptors (Lipinski definition) is 1. The van der Waals surface area contributed by atoms with E-state index in [0.717, 1.165) is 24.4 Å². The molecule has 2 heteroatoms. The van der Waals surface area contributed by atoms with Gasteiger partial charge in [0.05, 0.1) is 0 Å². The summed E-state index contributed by atoms with van der Waals surface area (Å²) in [6.45, 7) is 7.75. The molecule has 1 atom stereocenters. The highest BCUT2D eigenvalue weighted by molar-refractivity contribution is 5.17. The number of rotatable bonds is 8. The van der Waals surface area contributed by atoms with Gasteiger partial charge in [0.2, 0.25) is 0 Å². The highest BCUT2D eigenvalue weighted by atomic mass is 19.1. The Labute approximate surface area is 111 Å². The third kappa shape index (κ3) is 6.75. The molecule has 1 aromatic rings. The van der Waals surface area contributed by atoms with Crippen molar-refractivity contribution in [1.82, 2.24) is 5.32 Å². The molecule has 0 aromatic heterocycles. The van der Waals surface area contributed by atoms with Crippen molar-refractivity contribution in [2.75, 3.05) is 6.54 Å². The van der Waals surface area contributed by atoms with Crippen LogP contribution in [-0.4, -0.2) is 12.6 Å². The molecule has 0 radical (unpaired) electrons. The van der Waals surface area contributed by atoms with E-state index in [2.05, 4.69) is 26.1 Å². The van der Waals surface area contributed by atoms with Crippen molar-refractivity contribution in [2.45, 2.75) is 52.5 Å². The Morgan fingerprint density at radius 1 is 1.17 bits per heavy atom. The molecular formula is C16H26FN. The SMILES string of the molecule is CC(C)CCCCNC(C)Cc1cccc(F)c1. The van der Waals surface area contributed by atoms with Gasteiger partial charge in [-0.3, -0.25) is 0 Å². The molecule has 1 nitrogen and oxygen atoms in total. The summed E-state index contributed by atoms with van der Waals surface area (Å²) in [6.07, 6.45) is 4.71. The second-order valence-electron chi connectivity index (χ2n) is 5.58. The highest BCUT2D eigenvalue weighted by Crippen LogP contribution is 2.07. The minimum absolute atomic E-state index is 0.142. The topological polar surface area (TPSA) is 12.0 Å². The molecule has 1 rings (SSSR count). The van der Waals surface area contributed by atoms with Gasteiger partial charge in [-0.05, 0) is 49.9 Å². The van der Waals surface area contributed by atoms with Crippen LogP contribution in [0.5, 0.6) is 0 Å². The van der Waals surface area contributed by atoms with Gasteiger partial charge in [0.25, 0.3) is 0 Å². The van der Waals surface area contributed by atoms with Crippen LogP contribution in [0.3, 0.4) is 0 Å². The van der Waals surface area contributed by atoms with E-state index in [1.54, 1.807) is 12.1 Å². The maximum Gasteiger partial charge on any atom is 0.123 e.